The van der Waals surface area contributed by atoms with Crippen LogP contribution in [0.15, 0.2) is 29.2 Å². The van der Waals surface area contributed by atoms with Crippen molar-refractivity contribution in [1.29, 1.82) is 0 Å². The van der Waals surface area contributed by atoms with E-state index in [1.807, 2.05) is 6.92 Å². The topological polar surface area (TPSA) is 83.5 Å². The number of aliphatic carboxylic acids is 1. The summed E-state index contributed by atoms with van der Waals surface area (Å²) in [6.07, 6.45) is 6.09. The molecule has 0 unspecified atom stereocenters. The summed E-state index contributed by atoms with van der Waals surface area (Å²) in [5.41, 5.74) is 0.549. The Kier molecular flexibility index (Phi) is 3.96. The van der Waals surface area contributed by atoms with E-state index in [4.69, 9.17) is 0 Å². The summed E-state index contributed by atoms with van der Waals surface area (Å²) in [4.78, 5) is 12.2. The van der Waals surface area contributed by atoms with Crippen molar-refractivity contribution in [2.24, 2.45) is 23.2 Å². The average Bonchev–Trinajstić information content (AvgIpc) is 2.51. The normalized spacial score (nSPS) is 34.8. The van der Waals surface area contributed by atoms with Gasteiger partial charge in [0.2, 0.25) is 10.0 Å². The lowest BCUT2D eigenvalue weighted by Gasteiger charge is -2.58. The minimum Gasteiger partial charge on any atom is -0.480 e. The number of carboxylic acids is 1. The number of carbonyl (C=O) groups is 1. The van der Waals surface area contributed by atoms with E-state index in [9.17, 15) is 18.3 Å². The van der Waals surface area contributed by atoms with Crippen molar-refractivity contribution in [2.45, 2.75) is 56.4 Å². The Morgan fingerprint density at radius 2 is 1.56 bits per heavy atom. The molecule has 1 aromatic rings. The van der Waals surface area contributed by atoms with Crippen molar-refractivity contribution in [3.8, 4) is 0 Å². The summed E-state index contributed by atoms with van der Waals surface area (Å²) >= 11 is 0. The zero-order valence-corrected chi connectivity index (χ0v) is 15.3. The van der Waals surface area contributed by atoms with Crippen molar-refractivity contribution in [3.63, 3.8) is 0 Å². The third-order valence-corrected chi connectivity index (χ3v) is 7.99. The second-order valence-electron chi connectivity index (χ2n) is 8.49. The van der Waals surface area contributed by atoms with Crippen molar-refractivity contribution in [2.75, 3.05) is 0 Å². The molecular formula is C19H25NO4S. The van der Waals surface area contributed by atoms with Crippen LogP contribution in [-0.4, -0.2) is 25.5 Å². The lowest BCUT2D eigenvalue weighted by molar-refractivity contribution is -0.150. The first-order chi connectivity index (χ1) is 11.8. The van der Waals surface area contributed by atoms with Gasteiger partial charge in [-0.3, -0.25) is 4.79 Å². The maximum Gasteiger partial charge on any atom is 0.322 e. The van der Waals surface area contributed by atoms with Crippen LogP contribution in [0.2, 0.25) is 0 Å². The highest BCUT2D eigenvalue weighted by Crippen LogP contribution is 2.61. The summed E-state index contributed by atoms with van der Waals surface area (Å²) in [7, 11) is -3.85. The Morgan fingerprint density at radius 3 is 2.00 bits per heavy atom. The highest BCUT2D eigenvalue weighted by Gasteiger charge is 2.56. The lowest BCUT2D eigenvalue weighted by Crippen LogP contribution is -2.59. The zero-order valence-electron chi connectivity index (χ0n) is 14.4. The predicted octanol–water partition coefficient (Wildman–Crippen LogP) is 2.94. The molecule has 4 fully saturated rings. The Labute approximate surface area is 148 Å². The Morgan fingerprint density at radius 1 is 1.08 bits per heavy atom. The molecule has 4 aliphatic rings. The molecule has 4 aliphatic carbocycles. The van der Waals surface area contributed by atoms with Crippen LogP contribution in [0.1, 0.15) is 44.1 Å². The van der Waals surface area contributed by atoms with Gasteiger partial charge in [-0.05, 0) is 80.8 Å². The largest absolute Gasteiger partial charge is 0.480 e. The number of hydrogen-bond acceptors (Lipinski definition) is 3. The van der Waals surface area contributed by atoms with Crippen molar-refractivity contribution in [1.82, 2.24) is 4.72 Å². The fourth-order valence-corrected chi connectivity index (χ4v) is 7.20. The molecule has 0 amide bonds. The van der Waals surface area contributed by atoms with Crippen LogP contribution < -0.4 is 4.72 Å². The van der Waals surface area contributed by atoms with E-state index in [0.717, 1.165) is 24.8 Å². The first-order valence-electron chi connectivity index (χ1n) is 9.09. The molecule has 0 radical (unpaired) electrons. The Balaban J connectivity index is 1.64. The monoisotopic (exact) mass is 363 g/mol. The third kappa shape index (κ3) is 2.99. The molecule has 0 aromatic heterocycles. The van der Waals surface area contributed by atoms with Crippen LogP contribution in [0.25, 0.3) is 0 Å². The SMILES string of the molecule is Cc1ccc(S(=O)(=O)N[C@H](C(=O)O)C23CC4CC(CC(C4)C2)C3)cc1. The molecule has 0 aliphatic heterocycles. The van der Waals surface area contributed by atoms with E-state index in [0.29, 0.717) is 17.8 Å². The van der Waals surface area contributed by atoms with Gasteiger partial charge in [0.15, 0.2) is 0 Å². The number of nitrogens with one attached hydrogen (secondary N) is 1. The van der Waals surface area contributed by atoms with Crippen molar-refractivity contribution >= 4 is 16.0 Å². The highest BCUT2D eigenvalue weighted by atomic mass is 32.2. The molecule has 5 nitrogen and oxygen atoms in total. The van der Waals surface area contributed by atoms with Gasteiger partial charge in [-0.2, -0.15) is 4.72 Å². The van der Waals surface area contributed by atoms with Gasteiger partial charge in [-0.25, -0.2) is 8.42 Å². The zero-order chi connectivity index (χ0) is 17.8. The quantitative estimate of drug-likeness (QED) is 0.842. The molecular weight excluding hydrogens is 338 g/mol. The first kappa shape index (κ1) is 17.0. The smallest absolute Gasteiger partial charge is 0.322 e. The average molecular weight is 363 g/mol. The summed E-state index contributed by atoms with van der Waals surface area (Å²) in [6.45, 7) is 1.89. The predicted molar refractivity (Wildman–Crippen MR) is 93.5 cm³/mol. The van der Waals surface area contributed by atoms with E-state index in [2.05, 4.69) is 4.72 Å². The number of carboxylic acid groups (broad SMARTS) is 1. The fourth-order valence-electron chi connectivity index (χ4n) is 5.91. The van der Waals surface area contributed by atoms with E-state index >= 15 is 0 Å². The number of aryl methyl sites for hydroxylation is 1. The molecule has 6 heteroatoms. The molecule has 2 N–H and O–H groups in total. The summed E-state index contributed by atoms with van der Waals surface area (Å²) < 4.78 is 28.1. The molecule has 25 heavy (non-hydrogen) atoms. The van der Waals surface area contributed by atoms with Gasteiger partial charge in [-0.15, -0.1) is 0 Å². The second-order valence-corrected chi connectivity index (χ2v) is 10.2. The maximum atomic E-state index is 12.8. The van der Waals surface area contributed by atoms with Crippen LogP contribution in [0.5, 0.6) is 0 Å². The summed E-state index contributed by atoms with van der Waals surface area (Å²) in [5.74, 6) is 0.656. The van der Waals surface area contributed by atoms with Gasteiger partial charge in [0.1, 0.15) is 6.04 Å². The van der Waals surface area contributed by atoms with Crippen LogP contribution in [-0.2, 0) is 14.8 Å². The van der Waals surface area contributed by atoms with Gasteiger partial charge < -0.3 is 5.11 Å². The first-order valence-corrected chi connectivity index (χ1v) is 10.6. The lowest BCUT2D eigenvalue weighted by atomic mass is 9.48. The molecule has 4 saturated carbocycles. The number of hydrogen-bond donors (Lipinski definition) is 2. The molecule has 0 heterocycles. The third-order valence-electron chi connectivity index (χ3n) is 6.55. The molecule has 136 valence electrons. The van der Waals surface area contributed by atoms with Crippen molar-refractivity contribution in [3.05, 3.63) is 29.8 Å². The van der Waals surface area contributed by atoms with E-state index in [-0.39, 0.29) is 4.90 Å². The van der Waals surface area contributed by atoms with Crippen LogP contribution in [0.4, 0.5) is 0 Å². The van der Waals surface area contributed by atoms with Gasteiger partial charge in [-0.1, -0.05) is 17.7 Å². The van der Waals surface area contributed by atoms with Crippen LogP contribution in [0, 0.1) is 30.1 Å². The molecule has 0 saturated heterocycles. The Bertz CT molecular complexity index is 749. The van der Waals surface area contributed by atoms with Gasteiger partial charge in [0.25, 0.3) is 0 Å². The molecule has 1 atom stereocenters. The van der Waals surface area contributed by atoms with E-state index < -0.39 is 27.4 Å². The van der Waals surface area contributed by atoms with Crippen molar-refractivity contribution < 1.29 is 18.3 Å². The van der Waals surface area contributed by atoms with Crippen LogP contribution in [0.3, 0.4) is 0 Å². The minimum absolute atomic E-state index is 0.133. The maximum absolute atomic E-state index is 12.8. The number of benzene rings is 1. The molecule has 5 rings (SSSR count). The molecule has 4 bridgehead atoms. The summed E-state index contributed by atoms with van der Waals surface area (Å²) in [6, 6.07) is 5.50. The summed E-state index contributed by atoms with van der Waals surface area (Å²) in [5, 5.41) is 9.86. The number of rotatable bonds is 5. The molecule has 0 spiro atoms. The minimum atomic E-state index is -3.85. The van der Waals surface area contributed by atoms with Crippen LogP contribution >= 0.6 is 0 Å². The van der Waals surface area contributed by atoms with Gasteiger partial charge >= 0.3 is 5.97 Å². The van der Waals surface area contributed by atoms with E-state index in [1.165, 1.54) is 31.4 Å². The van der Waals surface area contributed by atoms with Gasteiger partial charge in [0.05, 0.1) is 4.90 Å². The van der Waals surface area contributed by atoms with E-state index in [1.54, 1.807) is 12.1 Å². The Hall–Kier alpha value is -1.40. The molecule has 1 aromatic carbocycles. The number of sulfonamides is 1. The second kappa shape index (κ2) is 5.81. The fraction of sp³-hybridized carbons (Fsp3) is 0.632. The highest BCUT2D eigenvalue weighted by molar-refractivity contribution is 7.89. The van der Waals surface area contributed by atoms with Gasteiger partial charge in [0, 0.05) is 0 Å². The standard InChI is InChI=1S/C19H25NO4S/c1-12-2-4-16(5-3-12)25(23,24)20-17(18(21)22)19-9-13-6-14(10-19)8-15(7-13)11-19/h2-5,13-15,17,20H,6-11H2,1H3,(H,21,22)/t13?,14?,15?,17-,19?/m1/s1.